The smallest absolute Gasteiger partial charge is 0.266 e. The minimum atomic E-state index is -0.379. The first kappa shape index (κ1) is 24.4. The second kappa shape index (κ2) is 10.6. The van der Waals surface area contributed by atoms with Crippen molar-refractivity contribution < 1.29 is 19.1 Å². The van der Waals surface area contributed by atoms with Crippen molar-refractivity contribution in [2.45, 2.75) is 13.8 Å². The van der Waals surface area contributed by atoms with Gasteiger partial charge in [0, 0.05) is 17.3 Å². The fraction of sp³-hybridized carbons (Fsp3) is 0.227. The Morgan fingerprint density at radius 2 is 2.00 bits per heavy atom. The van der Waals surface area contributed by atoms with Gasteiger partial charge in [0.2, 0.25) is 0 Å². The van der Waals surface area contributed by atoms with Crippen molar-refractivity contribution in [3.05, 3.63) is 56.4 Å². The van der Waals surface area contributed by atoms with E-state index < -0.39 is 0 Å². The lowest BCUT2D eigenvalue weighted by atomic mass is 10.1. The van der Waals surface area contributed by atoms with Gasteiger partial charge in [-0.1, -0.05) is 53.2 Å². The number of nitrogens with one attached hydrogen (secondary N) is 1. The Labute approximate surface area is 205 Å². The lowest BCUT2D eigenvalue weighted by Crippen LogP contribution is -2.27. The number of likely N-dealkylation sites (N-methyl/N-ethyl adjacent to an activating group) is 1. The highest BCUT2D eigenvalue weighted by Gasteiger charge is 2.30. The summed E-state index contributed by atoms with van der Waals surface area (Å²) in [6.07, 6.45) is 1.70. The van der Waals surface area contributed by atoms with E-state index in [-0.39, 0.29) is 29.2 Å². The molecule has 0 aromatic heterocycles. The van der Waals surface area contributed by atoms with Crippen LogP contribution in [0.15, 0.2) is 35.2 Å². The molecule has 1 fully saturated rings. The fourth-order valence-corrected chi connectivity index (χ4v) is 4.73. The van der Waals surface area contributed by atoms with Crippen molar-refractivity contribution in [2.24, 2.45) is 0 Å². The molecule has 0 radical (unpaired) electrons. The summed E-state index contributed by atoms with van der Waals surface area (Å²) in [5, 5.41) is 3.52. The number of ether oxygens (including phenoxy) is 2. The number of nitrogens with zero attached hydrogens (tertiary/aromatic N) is 1. The molecule has 3 rings (SSSR count). The maximum atomic E-state index is 12.4. The van der Waals surface area contributed by atoms with E-state index in [1.807, 2.05) is 19.9 Å². The number of rotatable bonds is 7. The van der Waals surface area contributed by atoms with Crippen LogP contribution in [0.25, 0.3) is 6.08 Å². The van der Waals surface area contributed by atoms with Crippen molar-refractivity contribution in [1.29, 1.82) is 0 Å². The van der Waals surface area contributed by atoms with Crippen LogP contribution < -0.4 is 14.8 Å². The van der Waals surface area contributed by atoms with E-state index in [0.29, 0.717) is 37.8 Å². The van der Waals surface area contributed by atoms with Crippen LogP contribution in [0.5, 0.6) is 11.5 Å². The van der Waals surface area contributed by atoms with Crippen LogP contribution in [0, 0.1) is 6.92 Å². The number of hydrogen-bond donors (Lipinski definition) is 1. The highest BCUT2D eigenvalue weighted by molar-refractivity contribution is 8.26. The van der Waals surface area contributed by atoms with Gasteiger partial charge in [0.05, 0.1) is 17.0 Å². The highest BCUT2D eigenvalue weighted by Crippen LogP contribution is 2.39. The number of hydrogen-bond acceptors (Lipinski definition) is 6. The predicted octanol–water partition coefficient (Wildman–Crippen LogP) is 5.55. The third kappa shape index (κ3) is 5.56. The standard InChI is InChI=1S/C22H20Cl2N2O4S2/c1-4-26-21(28)18(32-22(26)31)9-13-7-16(24)20(17(8-13)29-3)30-11-19(27)25-14-6-5-12(2)15(23)10-14/h5-10H,4,11H2,1-3H3,(H,25,27)/b18-9-. The molecule has 0 saturated carbocycles. The summed E-state index contributed by atoms with van der Waals surface area (Å²) in [5.41, 5.74) is 2.12. The minimum absolute atomic E-state index is 0.147. The summed E-state index contributed by atoms with van der Waals surface area (Å²) < 4.78 is 11.5. The predicted molar refractivity (Wildman–Crippen MR) is 134 cm³/mol. The van der Waals surface area contributed by atoms with E-state index in [9.17, 15) is 9.59 Å². The molecule has 2 amide bonds. The highest BCUT2D eigenvalue weighted by atomic mass is 35.5. The summed E-state index contributed by atoms with van der Waals surface area (Å²) in [7, 11) is 1.47. The normalized spacial score (nSPS) is 14.8. The molecule has 0 spiro atoms. The van der Waals surface area contributed by atoms with Gasteiger partial charge in [0.15, 0.2) is 18.1 Å². The Bertz CT molecular complexity index is 1120. The zero-order valence-corrected chi connectivity index (χ0v) is 20.7. The lowest BCUT2D eigenvalue weighted by molar-refractivity contribution is -0.122. The molecule has 1 aliphatic rings. The van der Waals surface area contributed by atoms with Crippen molar-refractivity contribution in [2.75, 3.05) is 25.6 Å². The molecule has 168 valence electrons. The van der Waals surface area contributed by atoms with Crippen LogP contribution in [0.4, 0.5) is 5.69 Å². The topological polar surface area (TPSA) is 67.9 Å². The SMILES string of the molecule is CCN1C(=O)/C(=C/c2cc(Cl)c(OCC(=O)Nc3ccc(C)c(Cl)c3)c(OC)c2)SC1=S. The fourth-order valence-electron chi connectivity index (χ4n) is 2.89. The van der Waals surface area contributed by atoms with E-state index in [0.717, 1.165) is 5.56 Å². The van der Waals surface area contributed by atoms with E-state index in [4.69, 9.17) is 44.9 Å². The van der Waals surface area contributed by atoms with Gasteiger partial charge >= 0.3 is 0 Å². The number of benzene rings is 2. The van der Waals surface area contributed by atoms with Crippen LogP contribution in [0.3, 0.4) is 0 Å². The lowest BCUT2D eigenvalue weighted by Gasteiger charge is -2.14. The number of thiocarbonyl (C=S) groups is 1. The summed E-state index contributed by atoms with van der Waals surface area (Å²) in [6, 6.07) is 8.54. The van der Waals surface area contributed by atoms with Crippen molar-refractivity contribution in [1.82, 2.24) is 4.90 Å². The molecule has 0 unspecified atom stereocenters. The van der Waals surface area contributed by atoms with Crippen LogP contribution in [0.2, 0.25) is 10.0 Å². The molecular weight excluding hydrogens is 491 g/mol. The number of methoxy groups -OCH3 is 1. The Balaban J connectivity index is 1.73. The summed E-state index contributed by atoms with van der Waals surface area (Å²) in [6.45, 7) is 3.97. The first-order chi connectivity index (χ1) is 15.2. The molecule has 0 atom stereocenters. The number of carbonyl (C=O) groups excluding carboxylic acids is 2. The summed E-state index contributed by atoms with van der Waals surface area (Å²) >= 11 is 18.9. The first-order valence-corrected chi connectivity index (χ1v) is 11.5. The third-order valence-corrected chi connectivity index (χ3v) is 6.61. The maximum Gasteiger partial charge on any atom is 0.266 e. The Hall–Kier alpha value is -2.26. The average molecular weight is 511 g/mol. The van der Waals surface area contributed by atoms with Crippen LogP contribution in [0.1, 0.15) is 18.1 Å². The van der Waals surface area contributed by atoms with Gasteiger partial charge < -0.3 is 14.8 Å². The van der Waals surface area contributed by atoms with Crippen LogP contribution in [-0.4, -0.2) is 41.3 Å². The largest absolute Gasteiger partial charge is 0.493 e. The molecule has 2 aromatic carbocycles. The number of halogens is 2. The van der Waals surface area contributed by atoms with Gasteiger partial charge in [-0.25, -0.2) is 0 Å². The molecular formula is C22H20Cl2N2O4S2. The number of amides is 2. The van der Waals surface area contributed by atoms with Gasteiger partial charge in [-0.05, 0) is 55.3 Å². The van der Waals surface area contributed by atoms with Crippen LogP contribution >= 0.6 is 47.2 Å². The van der Waals surface area contributed by atoms with Crippen molar-refractivity contribution in [3.63, 3.8) is 0 Å². The van der Waals surface area contributed by atoms with Gasteiger partial charge in [-0.3, -0.25) is 14.5 Å². The molecule has 1 saturated heterocycles. The van der Waals surface area contributed by atoms with Crippen molar-refractivity contribution >= 4 is 75.1 Å². The average Bonchev–Trinajstić information content (AvgIpc) is 3.01. The quantitative estimate of drug-likeness (QED) is 0.389. The molecule has 2 aromatic rings. The first-order valence-electron chi connectivity index (χ1n) is 9.55. The number of thioether (sulfide) groups is 1. The monoisotopic (exact) mass is 510 g/mol. The third-order valence-electron chi connectivity index (χ3n) is 4.54. The number of anilines is 1. The Kier molecular flexibility index (Phi) is 8.05. The van der Waals surface area contributed by atoms with Crippen molar-refractivity contribution in [3.8, 4) is 11.5 Å². The Morgan fingerprint density at radius 1 is 1.25 bits per heavy atom. The molecule has 10 heteroatoms. The van der Waals surface area contributed by atoms with Gasteiger partial charge in [-0.2, -0.15) is 0 Å². The van der Waals surface area contributed by atoms with E-state index in [2.05, 4.69) is 5.32 Å². The molecule has 0 bridgehead atoms. The second-order valence-electron chi connectivity index (χ2n) is 6.76. The molecule has 1 aliphatic heterocycles. The summed E-state index contributed by atoms with van der Waals surface area (Å²) in [5.74, 6) is 0.0339. The maximum absolute atomic E-state index is 12.4. The van der Waals surface area contributed by atoms with Gasteiger partial charge in [0.1, 0.15) is 4.32 Å². The summed E-state index contributed by atoms with van der Waals surface area (Å²) in [4.78, 5) is 26.7. The zero-order chi connectivity index (χ0) is 23.4. The molecule has 0 aliphatic carbocycles. The van der Waals surface area contributed by atoms with E-state index >= 15 is 0 Å². The van der Waals surface area contributed by atoms with Gasteiger partial charge in [0.25, 0.3) is 11.8 Å². The van der Waals surface area contributed by atoms with E-state index in [1.165, 1.54) is 23.8 Å². The molecule has 1 heterocycles. The number of aryl methyl sites for hydroxylation is 1. The number of carbonyl (C=O) groups is 2. The minimum Gasteiger partial charge on any atom is -0.493 e. The Morgan fingerprint density at radius 3 is 2.62 bits per heavy atom. The zero-order valence-electron chi connectivity index (χ0n) is 17.5. The molecule has 6 nitrogen and oxygen atoms in total. The van der Waals surface area contributed by atoms with Crippen LogP contribution in [-0.2, 0) is 9.59 Å². The molecule has 32 heavy (non-hydrogen) atoms. The van der Waals surface area contributed by atoms with E-state index in [1.54, 1.807) is 30.3 Å². The molecule has 1 N–H and O–H groups in total. The van der Waals surface area contributed by atoms with Gasteiger partial charge in [-0.15, -0.1) is 0 Å². The second-order valence-corrected chi connectivity index (χ2v) is 9.25.